The Morgan fingerprint density at radius 3 is 2.86 bits per heavy atom. The average molecular weight is 308 g/mol. The number of nitrogens with one attached hydrogen (secondary N) is 2. The SMILES string of the molecule is CCC(C)CC(C)NCc1nc2cc(Cl)ccc2c(=O)[nH]1. The maximum absolute atomic E-state index is 12.0. The fourth-order valence-electron chi connectivity index (χ4n) is 2.37. The summed E-state index contributed by atoms with van der Waals surface area (Å²) < 4.78 is 0. The van der Waals surface area contributed by atoms with Crippen LogP contribution in [0.15, 0.2) is 23.0 Å². The van der Waals surface area contributed by atoms with Crippen molar-refractivity contribution in [2.45, 2.75) is 46.2 Å². The number of rotatable bonds is 6. The van der Waals surface area contributed by atoms with Gasteiger partial charge in [-0.05, 0) is 37.5 Å². The van der Waals surface area contributed by atoms with Gasteiger partial charge in [0.1, 0.15) is 5.82 Å². The molecule has 0 amide bonds. The van der Waals surface area contributed by atoms with Gasteiger partial charge < -0.3 is 10.3 Å². The van der Waals surface area contributed by atoms with E-state index in [9.17, 15) is 4.79 Å². The molecule has 4 nitrogen and oxygen atoms in total. The topological polar surface area (TPSA) is 57.8 Å². The molecule has 2 atom stereocenters. The Hall–Kier alpha value is -1.39. The van der Waals surface area contributed by atoms with Crippen molar-refractivity contribution >= 4 is 22.5 Å². The van der Waals surface area contributed by atoms with Crippen molar-refractivity contribution in [1.29, 1.82) is 0 Å². The summed E-state index contributed by atoms with van der Waals surface area (Å²) in [4.78, 5) is 19.3. The lowest BCUT2D eigenvalue weighted by atomic mass is 10.0. The Balaban J connectivity index is 2.10. The van der Waals surface area contributed by atoms with Crippen molar-refractivity contribution in [3.63, 3.8) is 0 Å². The summed E-state index contributed by atoms with van der Waals surface area (Å²) in [6.07, 6.45) is 2.29. The Kier molecular flexibility index (Phi) is 5.37. The summed E-state index contributed by atoms with van der Waals surface area (Å²) in [7, 11) is 0. The van der Waals surface area contributed by atoms with E-state index < -0.39 is 0 Å². The summed E-state index contributed by atoms with van der Waals surface area (Å²) >= 11 is 5.96. The maximum atomic E-state index is 12.0. The minimum atomic E-state index is -0.122. The van der Waals surface area contributed by atoms with E-state index >= 15 is 0 Å². The van der Waals surface area contributed by atoms with Gasteiger partial charge in [0, 0.05) is 11.1 Å². The number of hydrogen-bond acceptors (Lipinski definition) is 3. The lowest BCUT2D eigenvalue weighted by Crippen LogP contribution is -2.29. The highest BCUT2D eigenvalue weighted by molar-refractivity contribution is 6.31. The molecule has 0 spiro atoms. The summed E-state index contributed by atoms with van der Waals surface area (Å²) in [5, 5.41) is 4.56. The van der Waals surface area contributed by atoms with Gasteiger partial charge in [0.25, 0.3) is 5.56 Å². The standard InChI is InChI=1S/C16H22ClN3O/c1-4-10(2)7-11(3)18-9-15-19-14-8-12(17)5-6-13(14)16(21)20-15/h5-6,8,10-11,18H,4,7,9H2,1-3H3,(H,19,20,21). The molecular formula is C16H22ClN3O. The molecule has 0 saturated heterocycles. The number of halogens is 1. The van der Waals surface area contributed by atoms with Crippen LogP contribution in [0.1, 0.15) is 39.4 Å². The predicted octanol–water partition coefficient (Wildman–Crippen LogP) is 3.49. The highest BCUT2D eigenvalue weighted by atomic mass is 35.5. The second-order valence-corrected chi connectivity index (χ2v) is 6.14. The molecule has 5 heteroatoms. The van der Waals surface area contributed by atoms with Gasteiger partial charge in [-0.3, -0.25) is 4.79 Å². The van der Waals surface area contributed by atoms with Crippen LogP contribution in [-0.4, -0.2) is 16.0 Å². The second-order valence-electron chi connectivity index (χ2n) is 5.71. The van der Waals surface area contributed by atoms with E-state index in [1.165, 1.54) is 6.42 Å². The molecule has 21 heavy (non-hydrogen) atoms. The molecule has 114 valence electrons. The third-order valence-corrected chi connectivity index (χ3v) is 4.02. The molecule has 0 aliphatic carbocycles. The first-order valence-corrected chi connectivity index (χ1v) is 7.79. The highest BCUT2D eigenvalue weighted by Gasteiger charge is 2.09. The molecule has 0 aliphatic rings. The number of H-pyrrole nitrogens is 1. The molecule has 0 aliphatic heterocycles. The van der Waals surface area contributed by atoms with Crippen molar-refractivity contribution in [2.24, 2.45) is 5.92 Å². The highest BCUT2D eigenvalue weighted by Crippen LogP contribution is 2.14. The van der Waals surface area contributed by atoms with Gasteiger partial charge in [-0.25, -0.2) is 4.98 Å². The first kappa shape index (κ1) is 16.0. The van der Waals surface area contributed by atoms with E-state index in [4.69, 9.17) is 11.6 Å². The van der Waals surface area contributed by atoms with Crippen LogP contribution in [0.25, 0.3) is 10.9 Å². The number of hydrogen-bond donors (Lipinski definition) is 2. The van der Waals surface area contributed by atoms with Gasteiger partial charge in [-0.15, -0.1) is 0 Å². The van der Waals surface area contributed by atoms with Crippen LogP contribution < -0.4 is 10.9 Å². The maximum Gasteiger partial charge on any atom is 0.258 e. The van der Waals surface area contributed by atoms with Gasteiger partial charge >= 0.3 is 0 Å². The van der Waals surface area contributed by atoms with E-state index in [-0.39, 0.29) is 5.56 Å². The number of aromatic nitrogens is 2. The molecule has 2 aromatic rings. The van der Waals surface area contributed by atoms with Crippen LogP contribution in [0.4, 0.5) is 0 Å². The summed E-state index contributed by atoms with van der Waals surface area (Å²) in [5.74, 6) is 1.33. The molecule has 2 unspecified atom stereocenters. The smallest absolute Gasteiger partial charge is 0.258 e. The molecule has 0 fully saturated rings. The lowest BCUT2D eigenvalue weighted by molar-refractivity contribution is 0.409. The Morgan fingerprint density at radius 1 is 1.38 bits per heavy atom. The van der Waals surface area contributed by atoms with Gasteiger partial charge in [0.2, 0.25) is 0 Å². The quantitative estimate of drug-likeness (QED) is 0.859. The molecule has 1 aromatic heterocycles. The average Bonchev–Trinajstić information content (AvgIpc) is 2.44. The minimum absolute atomic E-state index is 0.122. The van der Waals surface area contributed by atoms with Crippen LogP contribution in [0, 0.1) is 5.92 Å². The van der Waals surface area contributed by atoms with Gasteiger partial charge in [-0.1, -0.05) is 31.9 Å². The predicted molar refractivity (Wildman–Crippen MR) is 87.7 cm³/mol. The molecule has 1 heterocycles. The Bertz CT molecular complexity index is 668. The fraction of sp³-hybridized carbons (Fsp3) is 0.500. The molecule has 0 bridgehead atoms. The summed E-state index contributed by atoms with van der Waals surface area (Å²) in [5.41, 5.74) is 0.515. The van der Waals surface area contributed by atoms with Gasteiger partial charge in [-0.2, -0.15) is 0 Å². The van der Waals surface area contributed by atoms with E-state index in [0.29, 0.717) is 40.3 Å². The van der Waals surface area contributed by atoms with E-state index in [0.717, 1.165) is 6.42 Å². The number of fused-ring (bicyclic) bond motifs is 1. The molecule has 2 N–H and O–H groups in total. The van der Waals surface area contributed by atoms with Crippen molar-refractivity contribution in [3.8, 4) is 0 Å². The van der Waals surface area contributed by atoms with Crippen LogP contribution in [0.3, 0.4) is 0 Å². The zero-order valence-corrected chi connectivity index (χ0v) is 13.5. The first-order chi connectivity index (χ1) is 9.99. The van der Waals surface area contributed by atoms with Crippen LogP contribution in [-0.2, 0) is 6.54 Å². The molecule has 0 saturated carbocycles. The largest absolute Gasteiger partial charge is 0.309 e. The van der Waals surface area contributed by atoms with E-state index in [2.05, 4.69) is 36.1 Å². The summed E-state index contributed by atoms with van der Waals surface area (Å²) in [6, 6.07) is 5.51. The van der Waals surface area contributed by atoms with Gasteiger partial charge in [0.15, 0.2) is 0 Å². The lowest BCUT2D eigenvalue weighted by Gasteiger charge is -2.17. The van der Waals surface area contributed by atoms with Crippen molar-refractivity contribution in [2.75, 3.05) is 0 Å². The van der Waals surface area contributed by atoms with Crippen molar-refractivity contribution in [1.82, 2.24) is 15.3 Å². The normalized spacial score (nSPS) is 14.3. The van der Waals surface area contributed by atoms with E-state index in [1.54, 1.807) is 18.2 Å². The number of benzene rings is 1. The molecule has 1 aromatic carbocycles. The number of aromatic amines is 1. The molecule has 2 rings (SSSR count). The van der Waals surface area contributed by atoms with Crippen LogP contribution >= 0.6 is 11.6 Å². The molecular weight excluding hydrogens is 286 g/mol. The third-order valence-electron chi connectivity index (χ3n) is 3.79. The number of nitrogens with zero attached hydrogens (tertiary/aromatic N) is 1. The van der Waals surface area contributed by atoms with Crippen LogP contribution in [0.2, 0.25) is 5.02 Å². The first-order valence-electron chi connectivity index (χ1n) is 7.41. The monoisotopic (exact) mass is 307 g/mol. The zero-order valence-electron chi connectivity index (χ0n) is 12.7. The fourth-order valence-corrected chi connectivity index (χ4v) is 2.54. The Labute approximate surface area is 129 Å². The minimum Gasteiger partial charge on any atom is -0.309 e. The van der Waals surface area contributed by atoms with Crippen LogP contribution in [0.5, 0.6) is 0 Å². The van der Waals surface area contributed by atoms with Gasteiger partial charge in [0.05, 0.1) is 17.4 Å². The Morgan fingerprint density at radius 2 is 2.14 bits per heavy atom. The second kappa shape index (κ2) is 7.05. The van der Waals surface area contributed by atoms with E-state index in [1.807, 2.05) is 0 Å². The summed E-state index contributed by atoms with van der Waals surface area (Å²) in [6.45, 7) is 7.15. The zero-order chi connectivity index (χ0) is 15.4. The van der Waals surface area contributed by atoms with Crippen molar-refractivity contribution in [3.05, 3.63) is 39.4 Å². The van der Waals surface area contributed by atoms with Crippen molar-refractivity contribution < 1.29 is 0 Å². The molecule has 0 radical (unpaired) electrons. The third kappa shape index (κ3) is 4.29.